The van der Waals surface area contributed by atoms with Crippen LogP contribution in [-0.4, -0.2) is 97.2 Å². The van der Waals surface area contributed by atoms with Crippen LogP contribution >= 0.6 is 0 Å². The lowest BCUT2D eigenvalue weighted by Gasteiger charge is -2.39. The van der Waals surface area contributed by atoms with E-state index in [1.807, 2.05) is 65.0 Å². The zero-order valence-electron chi connectivity index (χ0n) is 30.6. The van der Waals surface area contributed by atoms with Crippen molar-refractivity contribution >= 4 is 29.3 Å². The molecule has 0 unspecified atom stereocenters. The SMILES string of the molecule is CC[C@H](C)[C@@H]([C@@H](CC(=O)N1CCC[C@H]1[C@H](OC)[C@@H](C)C(=O)N[C@@H](Nc1ccccc1)C(=O)NC(C)(C)C)OC)N(C)C(=O)CC(C)C. The third kappa shape index (κ3) is 11.8. The van der Waals surface area contributed by atoms with Crippen molar-refractivity contribution in [2.45, 2.75) is 123 Å². The number of benzene rings is 1. The zero-order chi connectivity index (χ0) is 35.5. The molecule has 1 aromatic rings. The second-order valence-corrected chi connectivity index (χ2v) is 14.4. The summed E-state index contributed by atoms with van der Waals surface area (Å²) in [6.45, 7) is 16.1. The van der Waals surface area contributed by atoms with Gasteiger partial charge in [0.1, 0.15) is 0 Å². The molecule has 0 spiro atoms. The summed E-state index contributed by atoms with van der Waals surface area (Å²) in [4.78, 5) is 57.6. The minimum Gasteiger partial charge on any atom is -0.379 e. The van der Waals surface area contributed by atoms with Crippen LogP contribution in [-0.2, 0) is 28.7 Å². The topological polar surface area (TPSA) is 129 Å². The van der Waals surface area contributed by atoms with Crippen molar-refractivity contribution in [1.29, 1.82) is 0 Å². The Hall–Kier alpha value is -3.18. The summed E-state index contributed by atoms with van der Waals surface area (Å²) in [6, 6.07) is 8.61. The third-order valence-corrected chi connectivity index (χ3v) is 9.02. The number of amides is 4. The number of nitrogens with one attached hydrogen (secondary N) is 3. The van der Waals surface area contributed by atoms with Gasteiger partial charge in [0.2, 0.25) is 17.7 Å². The van der Waals surface area contributed by atoms with Crippen LogP contribution in [0, 0.1) is 17.8 Å². The monoisotopic (exact) mass is 659 g/mol. The van der Waals surface area contributed by atoms with Gasteiger partial charge in [-0.15, -0.1) is 0 Å². The molecule has 0 radical (unpaired) electrons. The van der Waals surface area contributed by atoms with Gasteiger partial charge in [-0.05, 0) is 57.6 Å². The predicted octanol–water partition coefficient (Wildman–Crippen LogP) is 4.42. The molecule has 0 bridgehead atoms. The van der Waals surface area contributed by atoms with Gasteiger partial charge < -0.3 is 35.2 Å². The van der Waals surface area contributed by atoms with Crippen LogP contribution in [0.4, 0.5) is 5.69 Å². The minimum absolute atomic E-state index is 0.0365. The summed E-state index contributed by atoms with van der Waals surface area (Å²) in [5, 5.41) is 8.94. The lowest BCUT2D eigenvalue weighted by molar-refractivity contribution is -0.146. The number of carbonyl (C=O) groups excluding carboxylic acids is 4. The fourth-order valence-electron chi connectivity index (χ4n) is 6.40. The molecule has 1 aromatic carbocycles. The quantitative estimate of drug-likeness (QED) is 0.211. The van der Waals surface area contributed by atoms with Gasteiger partial charge in [0, 0.05) is 45.5 Å². The molecule has 47 heavy (non-hydrogen) atoms. The highest BCUT2D eigenvalue weighted by Gasteiger charge is 2.42. The summed E-state index contributed by atoms with van der Waals surface area (Å²) >= 11 is 0. The third-order valence-electron chi connectivity index (χ3n) is 9.02. The molecule has 0 aliphatic carbocycles. The fourth-order valence-corrected chi connectivity index (χ4v) is 6.40. The van der Waals surface area contributed by atoms with Crippen LogP contribution in [0.1, 0.15) is 87.5 Å². The van der Waals surface area contributed by atoms with Gasteiger partial charge in [-0.25, -0.2) is 0 Å². The smallest absolute Gasteiger partial charge is 0.263 e. The van der Waals surface area contributed by atoms with Gasteiger partial charge in [-0.2, -0.15) is 0 Å². The van der Waals surface area contributed by atoms with Gasteiger partial charge in [-0.3, -0.25) is 19.2 Å². The van der Waals surface area contributed by atoms with Crippen LogP contribution in [0.25, 0.3) is 0 Å². The van der Waals surface area contributed by atoms with Crippen molar-refractivity contribution in [1.82, 2.24) is 20.4 Å². The number of para-hydroxylation sites is 1. The highest BCUT2D eigenvalue weighted by atomic mass is 16.5. The van der Waals surface area contributed by atoms with Gasteiger partial charge in [0.15, 0.2) is 6.17 Å². The van der Waals surface area contributed by atoms with E-state index in [0.29, 0.717) is 25.1 Å². The normalized spacial score (nSPS) is 18.9. The first-order valence-corrected chi connectivity index (χ1v) is 17.1. The maximum absolute atomic E-state index is 14.0. The van der Waals surface area contributed by atoms with E-state index < -0.39 is 29.8 Å². The Morgan fingerprint density at radius 2 is 1.62 bits per heavy atom. The summed E-state index contributed by atoms with van der Waals surface area (Å²) in [5.74, 6) is -1.14. The highest BCUT2D eigenvalue weighted by Crippen LogP contribution is 2.29. The van der Waals surface area contributed by atoms with E-state index in [-0.39, 0.29) is 54.0 Å². The first-order chi connectivity index (χ1) is 22.0. The Morgan fingerprint density at radius 1 is 0.979 bits per heavy atom. The molecule has 1 fully saturated rings. The Labute approximate surface area is 282 Å². The Bertz CT molecular complexity index is 1160. The van der Waals surface area contributed by atoms with E-state index in [9.17, 15) is 19.2 Å². The van der Waals surface area contributed by atoms with Crippen LogP contribution in [0.2, 0.25) is 0 Å². The van der Waals surface area contributed by atoms with Gasteiger partial charge in [-0.1, -0.05) is 59.2 Å². The number of hydrogen-bond acceptors (Lipinski definition) is 7. The number of likely N-dealkylation sites (N-methyl/N-ethyl adjacent to an activating group) is 1. The molecular weight excluding hydrogens is 598 g/mol. The maximum atomic E-state index is 14.0. The van der Waals surface area contributed by atoms with E-state index in [4.69, 9.17) is 9.47 Å². The van der Waals surface area contributed by atoms with E-state index in [2.05, 4.69) is 29.8 Å². The molecule has 1 saturated heterocycles. The molecule has 7 atom stereocenters. The van der Waals surface area contributed by atoms with Crippen molar-refractivity contribution in [3.05, 3.63) is 30.3 Å². The van der Waals surface area contributed by atoms with E-state index in [1.165, 1.54) is 0 Å². The summed E-state index contributed by atoms with van der Waals surface area (Å²) in [7, 11) is 4.95. The number of likely N-dealkylation sites (tertiary alicyclic amines) is 1. The van der Waals surface area contributed by atoms with Crippen LogP contribution in [0.15, 0.2) is 30.3 Å². The summed E-state index contributed by atoms with van der Waals surface area (Å²) < 4.78 is 11.8. The molecule has 2 rings (SSSR count). The predicted molar refractivity (Wildman–Crippen MR) is 185 cm³/mol. The van der Waals surface area contributed by atoms with Crippen molar-refractivity contribution in [2.75, 3.05) is 33.1 Å². The molecule has 0 aromatic heterocycles. The molecule has 266 valence electrons. The number of anilines is 1. The van der Waals surface area contributed by atoms with Crippen molar-refractivity contribution in [3.63, 3.8) is 0 Å². The molecular formula is C36H61N5O6. The van der Waals surface area contributed by atoms with Gasteiger partial charge >= 0.3 is 0 Å². The maximum Gasteiger partial charge on any atom is 0.263 e. The van der Waals surface area contributed by atoms with E-state index in [0.717, 1.165) is 12.8 Å². The number of ether oxygens (including phenoxy) is 2. The highest BCUT2D eigenvalue weighted by molar-refractivity contribution is 5.90. The molecule has 1 aliphatic heterocycles. The van der Waals surface area contributed by atoms with Crippen LogP contribution in [0.5, 0.6) is 0 Å². The minimum atomic E-state index is -1.03. The fraction of sp³-hybridized carbons (Fsp3) is 0.722. The van der Waals surface area contributed by atoms with E-state index in [1.54, 1.807) is 38.0 Å². The number of methoxy groups -OCH3 is 2. The number of hydrogen-bond donors (Lipinski definition) is 3. The second-order valence-electron chi connectivity index (χ2n) is 14.4. The molecule has 0 saturated carbocycles. The Morgan fingerprint density at radius 3 is 2.15 bits per heavy atom. The van der Waals surface area contributed by atoms with Crippen LogP contribution < -0.4 is 16.0 Å². The largest absolute Gasteiger partial charge is 0.379 e. The Balaban J connectivity index is 2.24. The van der Waals surface area contributed by atoms with Crippen molar-refractivity contribution < 1.29 is 28.7 Å². The first-order valence-electron chi connectivity index (χ1n) is 17.1. The molecule has 4 amide bonds. The average Bonchev–Trinajstić information content (AvgIpc) is 3.49. The number of rotatable bonds is 17. The van der Waals surface area contributed by atoms with Crippen molar-refractivity contribution in [2.24, 2.45) is 17.8 Å². The van der Waals surface area contributed by atoms with E-state index >= 15 is 0 Å². The van der Waals surface area contributed by atoms with Gasteiger partial charge in [0.25, 0.3) is 5.91 Å². The summed E-state index contributed by atoms with van der Waals surface area (Å²) in [5.41, 5.74) is 0.180. The molecule has 11 heteroatoms. The Kier molecular flexibility index (Phi) is 15.6. The number of nitrogens with zero attached hydrogens (tertiary/aromatic N) is 2. The molecule has 11 nitrogen and oxygen atoms in total. The average molecular weight is 660 g/mol. The molecule has 1 aliphatic rings. The molecule has 1 heterocycles. The lowest BCUT2D eigenvalue weighted by Crippen LogP contribution is -2.58. The zero-order valence-corrected chi connectivity index (χ0v) is 30.6. The first kappa shape index (κ1) is 40.0. The van der Waals surface area contributed by atoms with Gasteiger partial charge in [0.05, 0.1) is 36.6 Å². The van der Waals surface area contributed by atoms with Crippen molar-refractivity contribution in [3.8, 4) is 0 Å². The summed E-state index contributed by atoms with van der Waals surface area (Å²) in [6.07, 6.45) is 0.689. The molecule has 3 N–H and O–H groups in total. The van der Waals surface area contributed by atoms with Crippen LogP contribution in [0.3, 0.4) is 0 Å². The lowest BCUT2D eigenvalue weighted by atomic mass is 9.90. The number of carbonyl (C=O) groups is 4. The second kappa shape index (κ2) is 18.4. The standard InChI is InChI=1S/C36H61N5O6/c1-12-24(4)31(40(9)29(42)21-23(2)3)28(46-10)22-30(43)41-20-16-19-27(41)32(47-11)25(5)34(44)38-33(35(45)39-36(6,7)8)37-26-17-14-13-15-18-26/h13-15,17-18,23-25,27-28,31-33,37H,12,16,19-22H2,1-11H3,(H,38,44)(H,39,45)/t24-,25+,27-,28+,31-,32+,33+/m0/s1.